The molecule has 0 heterocycles. The van der Waals surface area contributed by atoms with Crippen LogP contribution in [0.2, 0.25) is 0 Å². The quantitative estimate of drug-likeness (QED) is 0.0673. The Morgan fingerprint density at radius 3 is 1.83 bits per heavy atom. The van der Waals surface area contributed by atoms with Crippen LogP contribution < -0.4 is 118 Å². The van der Waals surface area contributed by atoms with E-state index in [1.54, 1.807) is 6.07 Å². The monoisotopic (exact) mass is 1090 g/mol. The Bertz CT molecular complexity index is 1130. The number of hydrogen-bond donors (Lipinski definition) is 1. The molecule has 15 heteroatoms. The number of alkyl halides is 2. The second kappa shape index (κ2) is 31.4. The average Bonchev–Trinajstić information content (AvgIpc) is 2.90. The second-order valence-electron chi connectivity index (χ2n) is 7.08. The van der Waals surface area contributed by atoms with Crippen LogP contribution in [0.15, 0.2) is 54.6 Å². The number of benzene rings is 3. The molecule has 1 N–H and O–H groups in total. The van der Waals surface area contributed by atoms with Crippen molar-refractivity contribution in [2.75, 3.05) is 23.9 Å². The molecule has 0 saturated heterocycles. The number of phenols is 1. The fraction of sp³-hybridized carbons (Fsp3) is 0.269. The molecule has 0 aliphatic rings. The van der Waals surface area contributed by atoms with E-state index in [-0.39, 0.29) is 128 Å². The Morgan fingerprint density at radius 2 is 1.37 bits per heavy atom. The number of aryl methyl sites for hydroxylation is 1. The van der Waals surface area contributed by atoms with Crippen LogP contribution in [-0.4, -0.2) is 35.5 Å². The standard InChI is InChI=1S/C16H15FI2O2.C6H4FIO.C3H6Br2.CH2O3.2K.H/c1-11-3-6-15(14(19)9-11)20-7-2-8-21-16-10-12(17)4-5-13(16)18;7-4-1-2-6(9)5(8)3-4;4-2-1-3-5;2-1-4-3;;;/h3-6,9-10H,2,7-8H2,1H3;1-3,9H;1-3H2;1,3H;;;/q;;;;2*+1;-1/p-1. The molecule has 0 aliphatic heterocycles. The van der Waals surface area contributed by atoms with Gasteiger partial charge in [-0.15, -0.1) is 0 Å². The van der Waals surface area contributed by atoms with Gasteiger partial charge >= 0.3 is 103 Å². The summed E-state index contributed by atoms with van der Waals surface area (Å²) < 4.78 is 39.2. The van der Waals surface area contributed by atoms with Crippen LogP contribution in [-0.2, 0) is 9.68 Å². The summed E-state index contributed by atoms with van der Waals surface area (Å²) in [5.41, 5.74) is 1.22. The first-order valence-electron chi connectivity index (χ1n) is 11.0. The van der Waals surface area contributed by atoms with Gasteiger partial charge in [0.05, 0.1) is 23.9 Å². The molecule has 3 rings (SSSR count). The van der Waals surface area contributed by atoms with Gasteiger partial charge in [-0.1, -0.05) is 37.9 Å². The third kappa shape index (κ3) is 25.5. The molecule has 0 amide bonds. The first-order chi connectivity index (χ1) is 18.6. The molecular weight excluding hydrogens is 1060 g/mol. The van der Waals surface area contributed by atoms with Crippen molar-refractivity contribution in [3.63, 3.8) is 0 Å². The minimum absolute atomic E-state index is 0. The Balaban J connectivity index is -0.000000286. The fourth-order valence-electron chi connectivity index (χ4n) is 2.27. The summed E-state index contributed by atoms with van der Waals surface area (Å²) in [6.07, 6.45) is 1.97. The molecule has 0 spiro atoms. The van der Waals surface area contributed by atoms with E-state index in [4.69, 9.17) is 24.6 Å². The molecule has 0 bridgehead atoms. The molecule has 0 unspecified atom stereocenters. The maximum Gasteiger partial charge on any atom is 1.00 e. The number of ether oxygens (including phenoxy) is 2. The third-order valence-corrected chi connectivity index (χ3v) is 7.72. The zero-order valence-corrected chi connectivity index (χ0v) is 38.5. The van der Waals surface area contributed by atoms with E-state index < -0.39 is 0 Å². The van der Waals surface area contributed by atoms with Gasteiger partial charge in [-0.2, -0.15) is 0 Å². The van der Waals surface area contributed by atoms with Crippen LogP contribution in [0, 0.1) is 29.3 Å². The summed E-state index contributed by atoms with van der Waals surface area (Å²) in [6.45, 7) is 2.95. The predicted molar refractivity (Wildman–Crippen MR) is 180 cm³/mol. The van der Waals surface area contributed by atoms with E-state index in [9.17, 15) is 8.78 Å². The van der Waals surface area contributed by atoms with Gasteiger partial charge in [-0.25, -0.2) is 8.78 Å². The Morgan fingerprint density at radius 1 is 0.829 bits per heavy atom. The molecule has 0 saturated carbocycles. The van der Waals surface area contributed by atoms with Gasteiger partial charge < -0.3 is 26.2 Å². The van der Waals surface area contributed by atoms with Gasteiger partial charge in [0.2, 0.25) is 0 Å². The summed E-state index contributed by atoms with van der Waals surface area (Å²) >= 11 is 12.8. The molecule has 0 fully saturated rings. The molecule has 0 radical (unpaired) electrons. The van der Waals surface area contributed by atoms with E-state index in [1.165, 1.54) is 42.3 Å². The van der Waals surface area contributed by atoms with Crippen LogP contribution in [0.5, 0.6) is 17.2 Å². The van der Waals surface area contributed by atoms with Crippen molar-refractivity contribution in [2.45, 2.75) is 19.8 Å². The maximum absolute atomic E-state index is 13.1. The fourth-order valence-corrected chi connectivity index (χ4v) is 5.37. The Labute approximate surface area is 384 Å². The SMILES string of the molecule is BrCCCBr.Cc1ccc(OCCCOc2cc(F)ccc2I)c(I)c1.O=CO[O-].Oc1ccc(F)cc1I.[H-].[K+].[K+]. The van der Waals surface area contributed by atoms with Crippen LogP contribution >= 0.6 is 99.6 Å². The third-order valence-electron chi connectivity index (χ3n) is 4.00. The van der Waals surface area contributed by atoms with Gasteiger partial charge in [0.15, 0.2) is 0 Å². The van der Waals surface area contributed by atoms with E-state index in [1.807, 2.05) is 34.7 Å². The minimum atomic E-state index is -0.322. The molecule has 3 aromatic rings. The van der Waals surface area contributed by atoms with Crippen LogP contribution in [0.1, 0.15) is 19.8 Å². The van der Waals surface area contributed by atoms with E-state index in [0.29, 0.717) is 22.5 Å². The van der Waals surface area contributed by atoms with Gasteiger partial charge in [-0.05, 0) is 129 Å². The van der Waals surface area contributed by atoms with Gasteiger partial charge in [0.1, 0.15) is 28.9 Å². The van der Waals surface area contributed by atoms with Crippen molar-refractivity contribution in [2.24, 2.45) is 0 Å². The number of carbonyl (C=O) groups is 1. The second-order valence-corrected chi connectivity index (χ2v) is 12.2. The number of aromatic hydroxyl groups is 1. The number of carbonyl (C=O) groups excluding carboxylic acids is 1. The topological polar surface area (TPSA) is 88.1 Å². The number of hydrogen-bond acceptors (Lipinski definition) is 6. The average molecular weight is 1090 g/mol. The molecule has 6 nitrogen and oxygen atoms in total. The predicted octanol–water partition coefficient (Wildman–Crippen LogP) is 2.05. The zero-order chi connectivity index (χ0) is 29.6. The van der Waals surface area contributed by atoms with Crippen LogP contribution in [0.4, 0.5) is 8.78 Å². The van der Waals surface area contributed by atoms with Gasteiger partial charge in [0, 0.05) is 23.1 Å². The van der Waals surface area contributed by atoms with Crippen LogP contribution in [0.3, 0.4) is 0 Å². The van der Waals surface area contributed by atoms with Crippen molar-refractivity contribution in [3.8, 4) is 17.2 Å². The zero-order valence-electron chi connectivity index (χ0n) is 23.7. The smallest absolute Gasteiger partial charge is 1.00 e. The van der Waals surface area contributed by atoms with Crippen molar-refractivity contribution < 1.29 is 142 Å². The minimum Gasteiger partial charge on any atom is -1.00 e. The number of phenolic OH excluding ortho intramolecular Hbond substituents is 1. The summed E-state index contributed by atoms with van der Waals surface area (Å²) in [4.78, 5) is 11.2. The first kappa shape index (κ1) is 48.2. The molecular formula is C26H27Br2F2I3K2O6. The molecule has 0 aromatic heterocycles. The number of rotatable bonds is 9. The van der Waals surface area contributed by atoms with Crippen LogP contribution in [0.25, 0.3) is 0 Å². The molecule has 3 aromatic carbocycles. The first-order valence-corrected chi connectivity index (χ1v) is 16.5. The van der Waals surface area contributed by atoms with E-state index in [2.05, 4.69) is 94.9 Å². The maximum atomic E-state index is 13.1. The van der Waals surface area contributed by atoms with Crippen molar-refractivity contribution in [3.05, 3.63) is 82.5 Å². The van der Waals surface area contributed by atoms with Crippen molar-refractivity contribution in [1.29, 1.82) is 0 Å². The molecule has 0 aliphatic carbocycles. The largest absolute Gasteiger partial charge is 1.00 e. The van der Waals surface area contributed by atoms with E-state index >= 15 is 0 Å². The summed E-state index contributed by atoms with van der Waals surface area (Å²) in [6, 6.07) is 14.5. The Kier molecular flexibility index (Phi) is 36.9. The van der Waals surface area contributed by atoms with Crippen molar-refractivity contribution >= 4 is 106 Å². The van der Waals surface area contributed by atoms with Gasteiger partial charge in [0.25, 0.3) is 6.47 Å². The summed E-state index contributed by atoms with van der Waals surface area (Å²) in [7, 11) is 0. The molecule has 0 atom stereocenters. The molecule has 41 heavy (non-hydrogen) atoms. The van der Waals surface area contributed by atoms with Gasteiger partial charge in [-0.3, -0.25) is 4.79 Å². The summed E-state index contributed by atoms with van der Waals surface area (Å²) in [5, 5.41) is 19.5. The Hall–Kier alpha value is 2.77. The summed E-state index contributed by atoms with van der Waals surface area (Å²) in [5.74, 6) is 0.993. The molecule has 218 valence electrons. The normalized spacial score (nSPS) is 9.00. The van der Waals surface area contributed by atoms with E-state index in [0.717, 1.165) is 30.0 Å². The van der Waals surface area contributed by atoms with Crippen molar-refractivity contribution in [1.82, 2.24) is 0 Å². The number of halogens is 7.